The lowest BCUT2D eigenvalue weighted by atomic mass is 10.1. The van der Waals surface area contributed by atoms with E-state index in [9.17, 15) is 14.4 Å². The van der Waals surface area contributed by atoms with Crippen LogP contribution in [0.3, 0.4) is 0 Å². The number of amides is 1. The summed E-state index contributed by atoms with van der Waals surface area (Å²) in [5.74, 6) is -1.10. The van der Waals surface area contributed by atoms with E-state index in [1.807, 2.05) is 13.8 Å². The zero-order valence-electron chi connectivity index (χ0n) is 14.2. The predicted molar refractivity (Wildman–Crippen MR) is 88.7 cm³/mol. The minimum atomic E-state index is -1.11. The number of halogens is 1. The van der Waals surface area contributed by atoms with Crippen molar-refractivity contribution in [3.05, 3.63) is 22.7 Å². The first-order chi connectivity index (χ1) is 11.2. The zero-order chi connectivity index (χ0) is 18.4. The van der Waals surface area contributed by atoms with Gasteiger partial charge >= 0.3 is 12.1 Å². The molecule has 7 nitrogen and oxygen atoms in total. The Morgan fingerprint density at radius 1 is 1.25 bits per heavy atom. The Morgan fingerprint density at radius 2 is 1.88 bits per heavy atom. The Morgan fingerprint density at radius 3 is 2.38 bits per heavy atom. The van der Waals surface area contributed by atoms with Crippen LogP contribution in [0.5, 0.6) is 5.75 Å². The highest BCUT2D eigenvalue weighted by Gasteiger charge is 2.24. The Hall–Kier alpha value is -2.28. The molecule has 0 atom stereocenters. The highest BCUT2D eigenvalue weighted by Crippen LogP contribution is 2.35. The van der Waals surface area contributed by atoms with Gasteiger partial charge in [-0.25, -0.2) is 9.59 Å². The van der Waals surface area contributed by atoms with Crippen LogP contribution in [0, 0.1) is 5.92 Å². The fraction of sp³-hybridized carbons (Fsp3) is 0.438. The molecule has 0 saturated carbocycles. The number of hydrogen-bond donors (Lipinski definition) is 0. The van der Waals surface area contributed by atoms with Crippen molar-refractivity contribution in [2.75, 3.05) is 25.7 Å². The highest BCUT2D eigenvalue weighted by molar-refractivity contribution is 6.31. The van der Waals surface area contributed by atoms with Gasteiger partial charge in [0.15, 0.2) is 5.75 Å². The summed E-state index contributed by atoms with van der Waals surface area (Å²) in [6.45, 7) is 5.16. The van der Waals surface area contributed by atoms with Crippen LogP contribution < -0.4 is 9.64 Å². The summed E-state index contributed by atoms with van der Waals surface area (Å²) >= 11 is 5.99. The van der Waals surface area contributed by atoms with Crippen LogP contribution in [0.1, 0.15) is 31.1 Å². The van der Waals surface area contributed by atoms with Crippen molar-refractivity contribution in [1.29, 1.82) is 0 Å². The smallest absolute Gasteiger partial charge is 0.494 e. The molecular formula is C16H20ClNO6. The van der Waals surface area contributed by atoms with Gasteiger partial charge in [0, 0.05) is 19.0 Å². The third-order valence-electron chi connectivity index (χ3n) is 3.00. The van der Waals surface area contributed by atoms with E-state index in [-0.39, 0.29) is 40.5 Å². The normalized spacial score (nSPS) is 10.3. The van der Waals surface area contributed by atoms with Crippen molar-refractivity contribution >= 4 is 35.3 Å². The molecule has 24 heavy (non-hydrogen) atoms. The van der Waals surface area contributed by atoms with E-state index in [1.165, 1.54) is 38.1 Å². The molecule has 1 rings (SSSR count). The summed E-state index contributed by atoms with van der Waals surface area (Å²) < 4.78 is 14.6. The van der Waals surface area contributed by atoms with Crippen LogP contribution >= 0.6 is 11.6 Å². The second kappa shape index (κ2) is 8.54. The van der Waals surface area contributed by atoms with Crippen LogP contribution in [-0.2, 0) is 14.3 Å². The third-order valence-corrected chi connectivity index (χ3v) is 3.22. The van der Waals surface area contributed by atoms with Crippen molar-refractivity contribution in [3.63, 3.8) is 0 Å². The molecule has 0 aliphatic carbocycles. The average Bonchev–Trinajstić information content (AvgIpc) is 2.51. The molecule has 0 aliphatic rings. The molecule has 132 valence electrons. The summed E-state index contributed by atoms with van der Waals surface area (Å²) in [5.41, 5.74) is 0.189. The van der Waals surface area contributed by atoms with E-state index in [0.29, 0.717) is 0 Å². The first-order valence-electron chi connectivity index (χ1n) is 7.18. The average molecular weight is 358 g/mol. The molecule has 0 aromatic heterocycles. The number of anilines is 1. The number of hydrogen-bond acceptors (Lipinski definition) is 6. The number of rotatable bonds is 5. The molecule has 0 aliphatic heterocycles. The Labute approximate surface area is 145 Å². The number of carbonyl (C=O) groups is 3. The van der Waals surface area contributed by atoms with Gasteiger partial charge in [0.05, 0.1) is 19.4 Å². The number of carbonyl (C=O) groups excluding carboxylic acids is 3. The molecule has 0 heterocycles. The minimum absolute atomic E-state index is 0.0683. The molecule has 0 saturated heterocycles. The number of nitrogens with zero attached hydrogens (tertiary/aromatic N) is 1. The Kier molecular flexibility index (Phi) is 7.03. The van der Waals surface area contributed by atoms with Crippen LogP contribution in [-0.4, -0.2) is 38.8 Å². The van der Waals surface area contributed by atoms with E-state index in [0.717, 1.165) is 0 Å². The largest absolute Gasteiger partial charge is 0.516 e. The number of methoxy groups -OCH3 is 1. The predicted octanol–water partition coefficient (Wildman–Crippen LogP) is 3.28. The fourth-order valence-corrected chi connectivity index (χ4v) is 1.97. The lowest BCUT2D eigenvalue weighted by molar-refractivity contribution is -0.116. The molecule has 0 radical (unpaired) electrons. The first kappa shape index (κ1) is 19.8. The topological polar surface area (TPSA) is 82.1 Å². The molecule has 1 aromatic rings. The van der Waals surface area contributed by atoms with Crippen LogP contribution in [0.25, 0.3) is 0 Å². The molecule has 0 spiro atoms. The lowest BCUT2D eigenvalue weighted by Crippen LogP contribution is -2.24. The summed E-state index contributed by atoms with van der Waals surface area (Å²) in [6, 6.07) is 2.76. The van der Waals surface area contributed by atoms with Gasteiger partial charge in [-0.15, -0.1) is 0 Å². The molecule has 0 N–H and O–H groups in total. The molecule has 0 unspecified atom stereocenters. The van der Waals surface area contributed by atoms with Crippen molar-refractivity contribution in [3.8, 4) is 5.75 Å². The second-order valence-electron chi connectivity index (χ2n) is 5.43. The quantitative estimate of drug-likeness (QED) is 0.594. The van der Waals surface area contributed by atoms with Gasteiger partial charge in [0.1, 0.15) is 5.56 Å². The monoisotopic (exact) mass is 357 g/mol. The highest BCUT2D eigenvalue weighted by atomic mass is 35.5. The minimum Gasteiger partial charge on any atom is -0.494 e. The van der Waals surface area contributed by atoms with Crippen molar-refractivity contribution in [2.45, 2.75) is 20.8 Å². The van der Waals surface area contributed by atoms with Crippen LogP contribution in [0.15, 0.2) is 12.1 Å². The molecule has 8 heteroatoms. The van der Waals surface area contributed by atoms with Crippen LogP contribution in [0.4, 0.5) is 10.5 Å². The number of benzene rings is 1. The van der Waals surface area contributed by atoms with Gasteiger partial charge in [-0.05, 0) is 18.1 Å². The van der Waals surface area contributed by atoms with Gasteiger partial charge < -0.3 is 19.1 Å². The van der Waals surface area contributed by atoms with E-state index >= 15 is 0 Å². The summed E-state index contributed by atoms with van der Waals surface area (Å²) in [4.78, 5) is 36.6. The van der Waals surface area contributed by atoms with Gasteiger partial charge in [0.25, 0.3) is 0 Å². The lowest BCUT2D eigenvalue weighted by Gasteiger charge is -2.20. The van der Waals surface area contributed by atoms with E-state index < -0.39 is 12.1 Å². The summed E-state index contributed by atoms with van der Waals surface area (Å²) in [5, 5.41) is 0.182. The van der Waals surface area contributed by atoms with E-state index in [1.54, 1.807) is 0 Å². The second-order valence-corrected chi connectivity index (χ2v) is 5.86. The van der Waals surface area contributed by atoms with E-state index in [2.05, 4.69) is 4.74 Å². The molecule has 1 aromatic carbocycles. The van der Waals surface area contributed by atoms with Gasteiger partial charge in [-0.2, -0.15) is 0 Å². The fourth-order valence-electron chi connectivity index (χ4n) is 1.76. The maximum Gasteiger partial charge on any atom is 0.516 e. The third kappa shape index (κ3) is 5.13. The molecule has 0 bridgehead atoms. The van der Waals surface area contributed by atoms with Crippen molar-refractivity contribution < 1.29 is 28.6 Å². The molecular weight excluding hydrogens is 338 g/mol. The van der Waals surface area contributed by atoms with E-state index in [4.69, 9.17) is 21.1 Å². The molecule has 1 amide bonds. The van der Waals surface area contributed by atoms with Crippen molar-refractivity contribution in [2.24, 2.45) is 5.92 Å². The Balaban J connectivity index is 3.12. The standard InChI is InChI=1S/C16H20ClNO6/c1-9(2)8-23-16(21)24-15(20)12-6-11(17)7-13(14(12)22-5)18(4)10(3)19/h6-7,9H,8H2,1-5H3. The zero-order valence-corrected chi connectivity index (χ0v) is 15.0. The van der Waals surface area contributed by atoms with Gasteiger partial charge in [-0.3, -0.25) is 4.79 Å². The van der Waals surface area contributed by atoms with Gasteiger partial charge in [0.2, 0.25) is 5.91 Å². The SMILES string of the molecule is COc1c(C(=O)OC(=O)OCC(C)C)cc(Cl)cc1N(C)C(C)=O. The maximum absolute atomic E-state index is 12.2. The van der Waals surface area contributed by atoms with Crippen LogP contribution in [0.2, 0.25) is 5.02 Å². The van der Waals surface area contributed by atoms with Gasteiger partial charge in [-0.1, -0.05) is 25.4 Å². The Bertz CT molecular complexity index is 644. The number of ether oxygens (including phenoxy) is 3. The maximum atomic E-state index is 12.2. The molecule has 0 fully saturated rings. The summed E-state index contributed by atoms with van der Waals surface area (Å²) in [7, 11) is 2.83. The first-order valence-corrected chi connectivity index (χ1v) is 7.55. The van der Waals surface area contributed by atoms with Crippen molar-refractivity contribution in [1.82, 2.24) is 0 Å². The summed E-state index contributed by atoms with van der Waals surface area (Å²) in [6.07, 6.45) is -1.11. The number of esters is 1.